The Morgan fingerprint density at radius 1 is 1.50 bits per heavy atom. The predicted octanol–water partition coefficient (Wildman–Crippen LogP) is 2.55. The summed E-state index contributed by atoms with van der Waals surface area (Å²) in [5, 5.41) is 0.708. The normalized spacial score (nSPS) is 10.8. The average Bonchev–Trinajstić information content (AvgIpc) is 2.54. The summed E-state index contributed by atoms with van der Waals surface area (Å²) in [5.74, 6) is 0. The van der Waals surface area contributed by atoms with Crippen molar-refractivity contribution in [2.45, 2.75) is 13.3 Å². The van der Waals surface area contributed by atoms with Gasteiger partial charge in [-0.15, -0.1) is 0 Å². The fourth-order valence-corrected chi connectivity index (χ4v) is 1.53. The summed E-state index contributed by atoms with van der Waals surface area (Å²) < 4.78 is 1.89. The molecule has 0 aliphatic rings. The number of fused-ring (bicyclic) bond motifs is 1. The summed E-state index contributed by atoms with van der Waals surface area (Å²) in [7, 11) is 0. The monoisotopic (exact) mass is 180 g/mol. The van der Waals surface area contributed by atoms with Crippen molar-refractivity contribution >= 4 is 17.1 Å². The van der Waals surface area contributed by atoms with E-state index in [0.29, 0.717) is 5.15 Å². The molecule has 2 aromatic heterocycles. The smallest absolute Gasteiger partial charge is 0.114 e. The van der Waals surface area contributed by atoms with E-state index in [1.54, 1.807) is 6.33 Å². The van der Waals surface area contributed by atoms with Gasteiger partial charge in [-0.05, 0) is 18.1 Å². The first-order chi connectivity index (χ1) is 5.83. The van der Waals surface area contributed by atoms with E-state index in [-0.39, 0.29) is 0 Å². The molecule has 0 saturated heterocycles. The zero-order chi connectivity index (χ0) is 8.55. The molecular formula is C9H9ClN2. The van der Waals surface area contributed by atoms with Crippen molar-refractivity contribution in [2.24, 2.45) is 0 Å². The number of nitrogens with zero attached hydrogens (tertiary/aromatic N) is 2. The van der Waals surface area contributed by atoms with Gasteiger partial charge >= 0.3 is 0 Å². The van der Waals surface area contributed by atoms with Crippen LogP contribution in [0.2, 0.25) is 5.15 Å². The molecule has 62 valence electrons. The first-order valence-electron chi connectivity index (χ1n) is 3.92. The Kier molecular flexibility index (Phi) is 1.77. The molecule has 2 aromatic rings. The fourth-order valence-electron chi connectivity index (χ4n) is 1.34. The van der Waals surface area contributed by atoms with E-state index in [2.05, 4.69) is 11.9 Å². The first kappa shape index (κ1) is 7.62. The van der Waals surface area contributed by atoms with Crippen molar-refractivity contribution in [2.75, 3.05) is 0 Å². The Balaban J connectivity index is 2.82. The van der Waals surface area contributed by atoms with Gasteiger partial charge in [0.15, 0.2) is 0 Å². The maximum atomic E-state index is 5.95. The third-order valence-electron chi connectivity index (χ3n) is 2.00. The van der Waals surface area contributed by atoms with Crippen molar-refractivity contribution in [3.63, 3.8) is 0 Å². The lowest BCUT2D eigenvalue weighted by Gasteiger charge is -2.01. The Labute approximate surface area is 75.8 Å². The summed E-state index contributed by atoms with van der Waals surface area (Å²) in [4.78, 5) is 4.05. The van der Waals surface area contributed by atoms with Gasteiger partial charge in [0, 0.05) is 0 Å². The lowest BCUT2D eigenvalue weighted by Crippen LogP contribution is -1.89. The van der Waals surface area contributed by atoms with E-state index in [4.69, 9.17) is 11.6 Å². The van der Waals surface area contributed by atoms with Gasteiger partial charge in [-0.1, -0.05) is 24.6 Å². The van der Waals surface area contributed by atoms with Crippen LogP contribution in [-0.2, 0) is 6.42 Å². The van der Waals surface area contributed by atoms with E-state index in [0.717, 1.165) is 11.9 Å². The first-order valence-corrected chi connectivity index (χ1v) is 4.30. The highest BCUT2D eigenvalue weighted by Gasteiger charge is 2.01. The highest BCUT2D eigenvalue weighted by molar-refractivity contribution is 6.29. The number of aromatic nitrogens is 2. The van der Waals surface area contributed by atoms with Crippen LogP contribution in [0.1, 0.15) is 12.5 Å². The summed E-state index contributed by atoms with van der Waals surface area (Å²) in [5.41, 5.74) is 2.38. The van der Waals surface area contributed by atoms with Gasteiger partial charge in [-0.3, -0.25) is 4.40 Å². The standard InChI is InChI=1S/C9H9ClN2/c1-2-7-3-4-9(10)12-6-11-5-8(7)12/h3-6H,2H2,1H3. The number of hydrogen-bond acceptors (Lipinski definition) is 1. The maximum absolute atomic E-state index is 5.95. The molecule has 0 unspecified atom stereocenters. The van der Waals surface area contributed by atoms with Crippen molar-refractivity contribution in [3.05, 3.63) is 35.4 Å². The molecule has 12 heavy (non-hydrogen) atoms. The minimum Gasteiger partial charge on any atom is -0.289 e. The van der Waals surface area contributed by atoms with Crippen LogP contribution in [0.4, 0.5) is 0 Å². The molecular weight excluding hydrogens is 172 g/mol. The molecule has 0 amide bonds. The number of imidazole rings is 1. The quantitative estimate of drug-likeness (QED) is 0.617. The fraction of sp³-hybridized carbons (Fsp3) is 0.222. The summed E-state index contributed by atoms with van der Waals surface area (Å²) >= 11 is 5.95. The molecule has 0 spiro atoms. The molecule has 0 bridgehead atoms. The van der Waals surface area contributed by atoms with Gasteiger partial charge in [0.05, 0.1) is 11.7 Å². The second-order valence-electron chi connectivity index (χ2n) is 2.68. The second kappa shape index (κ2) is 2.79. The van der Waals surface area contributed by atoms with Crippen LogP contribution in [0, 0.1) is 0 Å². The number of rotatable bonds is 1. The molecule has 0 radical (unpaired) electrons. The third-order valence-corrected chi connectivity index (χ3v) is 2.31. The van der Waals surface area contributed by atoms with Gasteiger partial charge in [-0.25, -0.2) is 4.98 Å². The zero-order valence-corrected chi connectivity index (χ0v) is 7.54. The van der Waals surface area contributed by atoms with E-state index in [1.807, 2.05) is 22.7 Å². The molecule has 0 fully saturated rings. The molecule has 2 rings (SSSR count). The van der Waals surface area contributed by atoms with Crippen LogP contribution in [0.3, 0.4) is 0 Å². The van der Waals surface area contributed by atoms with Gasteiger partial charge in [0.2, 0.25) is 0 Å². The van der Waals surface area contributed by atoms with Gasteiger partial charge in [-0.2, -0.15) is 0 Å². The van der Waals surface area contributed by atoms with E-state index >= 15 is 0 Å². The number of halogens is 1. The van der Waals surface area contributed by atoms with Crippen LogP contribution in [-0.4, -0.2) is 9.38 Å². The number of pyridine rings is 1. The highest BCUT2D eigenvalue weighted by Crippen LogP contribution is 2.17. The second-order valence-corrected chi connectivity index (χ2v) is 3.07. The Bertz CT molecular complexity index is 406. The van der Waals surface area contributed by atoms with E-state index in [1.165, 1.54) is 5.56 Å². The minimum atomic E-state index is 0.708. The molecule has 3 heteroatoms. The number of aryl methyl sites for hydroxylation is 1. The topological polar surface area (TPSA) is 17.3 Å². The molecule has 2 heterocycles. The van der Waals surface area contributed by atoms with Gasteiger partial charge in [0.25, 0.3) is 0 Å². The molecule has 0 aliphatic carbocycles. The Hall–Kier alpha value is -1.02. The molecule has 0 N–H and O–H groups in total. The van der Waals surface area contributed by atoms with Crippen molar-refractivity contribution in [3.8, 4) is 0 Å². The number of hydrogen-bond donors (Lipinski definition) is 0. The lowest BCUT2D eigenvalue weighted by molar-refractivity contribution is 1.09. The van der Waals surface area contributed by atoms with Crippen LogP contribution >= 0.6 is 11.6 Å². The van der Waals surface area contributed by atoms with Crippen LogP contribution in [0.15, 0.2) is 24.7 Å². The maximum Gasteiger partial charge on any atom is 0.114 e. The summed E-state index contributed by atoms with van der Waals surface area (Å²) in [6.45, 7) is 2.12. The van der Waals surface area contributed by atoms with Crippen molar-refractivity contribution in [1.82, 2.24) is 9.38 Å². The average molecular weight is 181 g/mol. The van der Waals surface area contributed by atoms with Crippen molar-refractivity contribution in [1.29, 1.82) is 0 Å². The molecule has 0 saturated carbocycles. The third kappa shape index (κ3) is 0.994. The molecule has 0 aromatic carbocycles. The van der Waals surface area contributed by atoms with Gasteiger partial charge < -0.3 is 0 Å². The zero-order valence-electron chi connectivity index (χ0n) is 6.79. The lowest BCUT2D eigenvalue weighted by atomic mass is 10.2. The SMILES string of the molecule is CCc1ccc(Cl)n2cncc12. The molecule has 2 nitrogen and oxygen atoms in total. The van der Waals surface area contributed by atoms with Crippen LogP contribution < -0.4 is 0 Å². The molecule has 0 aliphatic heterocycles. The van der Waals surface area contributed by atoms with Crippen LogP contribution in [0.25, 0.3) is 5.52 Å². The van der Waals surface area contributed by atoms with Crippen molar-refractivity contribution < 1.29 is 0 Å². The van der Waals surface area contributed by atoms with E-state index in [9.17, 15) is 0 Å². The Morgan fingerprint density at radius 3 is 3.08 bits per heavy atom. The van der Waals surface area contributed by atoms with E-state index < -0.39 is 0 Å². The summed E-state index contributed by atoms with van der Waals surface area (Å²) in [6, 6.07) is 3.94. The molecule has 0 atom stereocenters. The predicted molar refractivity (Wildman–Crippen MR) is 49.6 cm³/mol. The van der Waals surface area contributed by atoms with Gasteiger partial charge in [0.1, 0.15) is 11.5 Å². The highest BCUT2D eigenvalue weighted by atomic mass is 35.5. The minimum absolute atomic E-state index is 0.708. The van der Waals surface area contributed by atoms with Crippen LogP contribution in [0.5, 0.6) is 0 Å². The Morgan fingerprint density at radius 2 is 2.33 bits per heavy atom. The largest absolute Gasteiger partial charge is 0.289 e. The summed E-state index contributed by atoms with van der Waals surface area (Å²) in [6.07, 6.45) is 4.58.